The monoisotopic (exact) mass is 230 g/mol. The number of hydrogen-bond acceptors (Lipinski definition) is 2. The standard InChI is InChI=1S/C11H22N2OS/c1-9(2)7-12-10(15)13-5-6-14-11(3,4)8-13/h9H,5-8H2,1-4H3,(H,12,15). The van der Waals surface area contributed by atoms with Crippen LogP contribution >= 0.6 is 12.2 Å². The summed E-state index contributed by atoms with van der Waals surface area (Å²) in [5, 5.41) is 4.15. The lowest BCUT2D eigenvalue weighted by Crippen LogP contribution is -2.53. The van der Waals surface area contributed by atoms with Gasteiger partial charge in [0.1, 0.15) is 0 Å². The van der Waals surface area contributed by atoms with Gasteiger partial charge in [0.2, 0.25) is 0 Å². The maximum absolute atomic E-state index is 5.64. The van der Waals surface area contributed by atoms with E-state index in [9.17, 15) is 0 Å². The number of thiocarbonyl (C=S) groups is 1. The van der Waals surface area contributed by atoms with Crippen molar-refractivity contribution in [3.05, 3.63) is 0 Å². The minimum atomic E-state index is -0.0815. The maximum Gasteiger partial charge on any atom is 0.169 e. The SMILES string of the molecule is CC(C)CNC(=S)N1CCOC(C)(C)C1. The third-order valence-corrected chi connectivity index (χ3v) is 2.78. The average Bonchev–Trinajstić information content (AvgIpc) is 2.12. The minimum absolute atomic E-state index is 0.0815. The molecule has 1 fully saturated rings. The van der Waals surface area contributed by atoms with Gasteiger partial charge in [0, 0.05) is 19.6 Å². The molecule has 88 valence electrons. The van der Waals surface area contributed by atoms with Gasteiger partial charge in [0.25, 0.3) is 0 Å². The summed E-state index contributed by atoms with van der Waals surface area (Å²) in [6.07, 6.45) is 0. The van der Waals surface area contributed by atoms with Crippen LogP contribution in [-0.4, -0.2) is 41.9 Å². The van der Waals surface area contributed by atoms with Crippen LogP contribution in [0.25, 0.3) is 0 Å². The Labute approximate surface area is 98.2 Å². The summed E-state index contributed by atoms with van der Waals surface area (Å²) < 4.78 is 5.64. The summed E-state index contributed by atoms with van der Waals surface area (Å²) in [5.74, 6) is 0.622. The fraction of sp³-hybridized carbons (Fsp3) is 0.909. The Morgan fingerprint density at radius 2 is 2.20 bits per heavy atom. The van der Waals surface area contributed by atoms with Gasteiger partial charge in [-0.25, -0.2) is 0 Å². The molecule has 1 aliphatic heterocycles. The van der Waals surface area contributed by atoms with Crippen molar-refractivity contribution < 1.29 is 4.74 Å². The molecular weight excluding hydrogens is 208 g/mol. The largest absolute Gasteiger partial charge is 0.372 e. The van der Waals surface area contributed by atoms with Crippen LogP contribution in [0.15, 0.2) is 0 Å². The second kappa shape index (κ2) is 5.12. The highest BCUT2D eigenvalue weighted by atomic mass is 32.1. The summed E-state index contributed by atoms with van der Waals surface area (Å²) in [5.41, 5.74) is -0.0815. The molecule has 0 atom stereocenters. The first-order valence-corrected chi connectivity index (χ1v) is 5.98. The minimum Gasteiger partial charge on any atom is -0.372 e. The molecule has 1 saturated heterocycles. The van der Waals surface area contributed by atoms with Gasteiger partial charge in [-0.05, 0) is 32.0 Å². The number of hydrogen-bond donors (Lipinski definition) is 1. The second-order valence-electron chi connectivity index (χ2n) is 5.11. The van der Waals surface area contributed by atoms with Gasteiger partial charge in [-0.15, -0.1) is 0 Å². The van der Waals surface area contributed by atoms with E-state index in [-0.39, 0.29) is 5.60 Å². The van der Waals surface area contributed by atoms with E-state index in [1.54, 1.807) is 0 Å². The molecule has 1 heterocycles. The average molecular weight is 230 g/mol. The molecule has 0 aromatic carbocycles. The number of ether oxygens (including phenoxy) is 1. The van der Waals surface area contributed by atoms with Crippen molar-refractivity contribution in [3.8, 4) is 0 Å². The smallest absolute Gasteiger partial charge is 0.169 e. The van der Waals surface area contributed by atoms with Gasteiger partial charge in [-0.2, -0.15) is 0 Å². The Balaban J connectivity index is 2.39. The molecule has 0 spiro atoms. The van der Waals surface area contributed by atoms with Crippen molar-refractivity contribution in [2.45, 2.75) is 33.3 Å². The topological polar surface area (TPSA) is 24.5 Å². The molecule has 1 aliphatic rings. The molecule has 4 heteroatoms. The predicted octanol–water partition coefficient (Wildman–Crippen LogP) is 1.63. The van der Waals surface area contributed by atoms with E-state index in [1.807, 2.05) is 0 Å². The molecule has 0 amide bonds. The Hall–Kier alpha value is -0.350. The molecule has 15 heavy (non-hydrogen) atoms. The van der Waals surface area contributed by atoms with Crippen molar-refractivity contribution in [3.63, 3.8) is 0 Å². The molecule has 0 aromatic rings. The molecule has 1 rings (SSSR count). The van der Waals surface area contributed by atoms with Crippen LogP contribution in [0.3, 0.4) is 0 Å². The summed E-state index contributed by atoms with van der Waals surface area (Å²) in [4.78, 5) is 2.20. The van der Waals surface area contributed by atoms with E-state index in [4.69, 9.17) is 17.0 Å². The zero-order valence-corrected chi connectivity index (χ0v) is 11.0. The van der Waals surface area contributed by atoms with E-state index in [1.165, 1.54) is 0 Å². The Morgan fingerprint density at radius 1 is 1.53 bits per heavy atom. The van der Waals surface area contributed by atoms with Crippen molar-refractivity contribution >= 4 is 17.3 Å². The van der Waals surface area contributed by atoms with E-state index in [2.05, 4.69) is 37.9 Å². The lowest BCUT2D eigenvalue weighted by molar-refractivity contribution is -0.0678. The number of morpholine rings is 1. The third kappa shape index (κ3) is 4.34. The molecule has 0 aliphatic carbocycles. The normalized spacial score (nSPS) is 20.5. The molecule has 1 N–H and O–H groups in total. The molecule has 0 bridgehead atoms. The van der Waals surface area contributed by atoms with Crippen molar-refractivity contribution in [2.24, 2.45) is 5.92 Å². The number of nitrogens with one attached hydrogen (secondary N) is 1. The van der Waals surface area contributed by atoms with Crippen LogP contribution in [-0.2, 0) is 4.74 Å². The third-order valence-electron chi connectivity index (χ3n) is 2.37. The number of nitrogens with zero attached hydrogens (tertiary/aromatic N) is 1. The highest BCUT2D eigenvalue weighted by molar-refractivity contribution is 7.80. The van der Waals surface area contributed by atoms with Gasteiger partial charge in [0.05, 0.1) is 12.2 Å². The fourth-order valence-corrected chi connectivity index (χ4v) is 1.83. The van der Waals surface area contributed by atoms with Crippen LogP contribution in [0.2, 0.25) is 0 Å². The van der Waals surface area contributed by atoms with Gasteiger partial charge < -0.3 is 15.0 Å². The van der Waals surface area contributed by atoms with Gasteiger partial charge in [0.15, 0.2) is 5.11 Å². The van der Waals surface area contributed by atoms with Crippen LogP contribution in [0, 0.1) is 5.92 Å². The quantitative estimate of drug-likeness (QED) is 0.729. The van der Waals surface area contributed by atoms with E-state index >= 15 is 0 Å². The highest BCUT2D eigenvalue weighted by Crippen LogP contribution is 2.16. The van der Waals surface area contributed by atoms with Crippen molar-refractivity contribution in [1.82, 2.24) is 10.2 Å². The second-order valence-corrected chi connectivity index (χ2v) is 5.50. The molecule has 0 radical (unpaired) electrons. The predicted molar refractivity (Wildman–Crippen MR) is 67.0 cm³/mol. The first-order valence-electron chi connectivity index (χ1n) is 5.57. The van der Waals surface area contributed by atoms with Gasteiger partial charge >= 0.3 is 0 Å². The lowest BCUT2D eigenvalue weighted by atomic mass is 10.1. The zero-order chi connectivity index (χ0) is 11.5. The maximum atomic E-state index is 5.64. The van der Waals surface area contributed by atoms with E-state index < -0.39 is 0 Å². The van der Waals surface area contributed by atoms with Crippen molar-refractivity contribution in [2.75, 3.05) is 26.2 Å². The van der Waals surface area contributed by atoms with Gasteiger partial charge in [-0.1, -0.05) is 13.8 Å². The van der Waals surface area contributed by atoms with E-state index in [0.29, 0.717) is 5.92 Å². The zero-order valence-electron chi connectivity index (χ0n) is 10.2. The first kappa shape index (κ1) is 12.7. The highest BCUT2D eigenvalue weighted by Gasteiger charge is 2.28. The van der Waals surface area contributed by atoms with Crippen LogP contribution < -0.4 is 5.32 Å². The first-order chi connectivity index (χ1) is 6.91. The van der Waals surface area contributed by atoms with Gasteiger partial charge in [-0.3, -0.25) is 0 Å². The van der Waals surface area contributed by atoms with Crippen molar-refractivity contribution in [1.29, 1.82) is 0 Å². The van der Waals surface area contributed by atoms with Crippen LogP contribution in [0.5, 0.6) is 0 Å². The van der Waals surface area contributed by atoms with Crippen LogP contribution in [0.1, 0.15) is 27.7 Å². The summed E-state index contributed by atoms with van der Waals surface area (Å²) in [6.45, 7) is 12.0. The fourth-order valence-electron chi connectivity index (χ4n) is 1.59. The Kier molecular flexibility index (Phi) is 4.34. The molecule has 0 aromatic heterocycles. The summed E-state index contributed by atoms with van der Waals surface area (Å²) in [6, 6.07) is 0. The van der Waals surface area contributed by atoms with E-state index in [0.717, 1.165) is 31.4 Å². The van der Waals surface area contributed by atoms with Crippen LogP contribution in [0.4, 0.5) is 0 Å². The molecule has 3 nitrogen and oxygen atoms in total. The number of rotatable bonds is 2. The lowest BCUT2D eigenvalue weighted by Gasteiger charge is -2.39. The molecular formula is C11H22N2OS. The summed E-state index contributed by atoms with van der Waals surface area (Å²) in [7, 11) is 0. The molecule has 0 unspecified atom stereocenters. The molecule has 0 saturated carbocycles. The Bertz CT molecular complexity index is 229. The summed E-state index contributed by atoms with van der Waals surface area (Å²) >= 11 is 5.35. The Morgan fingerprint density at radius 3 is 2.73 bits per heavy atom.